The normalized spacial score (nSPS) is 12.4. The van der Waals surface area contributed by atoms with Crippen LogP contribution in [0.4, 0.5) is 28.4 Å². The summed E-state index contributed by atoms with van der Waals surface area (Å²) in [4.78, 5) is 0.0729. The van der Waals surface area contributed by atoms with Gasteiger partial charge in [-0.25, -0.2) is 16.8 Å². The molecule has 0 radical (unpaired) electrons. The van der Waals surface area contributed by atoms with Crippen molar-refractivity contribution in [1.82, 2.24) is 0 Å². The molecule has 4 aromatic carbocycles. The molecule has 0 saturated heterocycles. The molecule has 0 spiro atoms. The number of benzene rings is 4. The van der Waals surface area contributed by atoms with Crippen molar-refractivity contribution in [1.29, 1.82) is 0 Å². The quantitative estimate of drug-likeness (QED) is 0.157. The number of aryl methyl sites for hydroxylation is 1. The SMILES string of the molecule is CCS(=O)(=O)c1ccc(N=Nc2c(NC)ccc3c(O)c(N=Nc4cc(S(=O)(=O)CC)c(OC)cc4O)ccc23)c(C)c1. The molecular formula is C29H31N5O7S2. The fourth-order valence-corrected chi connectivity index (χ4v) is 6.26. The van der Waals surface area contributed by atoms with E-state index in [2.05, 4.69) is 25.8 Å². The van der Waals surface area contributed by atoms with Gasteiger partial charge in [-0.15, -0.1) is 15.3 Å². The van der Waals surface area contributed by atoms with Crippen molar-refractivity contribution in [3.63, 3.8) is 0 Å². The summed E-state index contributed by atoms with van der Waals surface area (Å²) in [6.45, 7) is 4.81. The Kier molecular flexibility index (Phi) is 9.01. The minimum atomic E-state index is -3.69. The van der Waals surface area contributed by atoms with Crippen molar-refractivity contribution in [2.24, 2.45) is 20.5 Å². The third kappa shape index (κ3) is 6.29. The Morgan fingerprint density at radius 2 is 1.40 bits per heavy atom. The van der Waals surface area contributed by atoms with Gasteiger partial charge in [0.25, 0.3) is 0 Å². The predicted molar refractivity (Wildman–Crippen MR) is 165 cm³/mol. The van der Waals surface area contributed by atoms with Crippen LogP contribution in [0.3, 0.4) is 0 Å². The van der Waals surface area contributed by atoms with Crippen LogP contribution in [-0.4, -0.2) is 52.7 Å². The zero-order valence-electron chi connectivity index (χ0n) is 24.2. The molecule has 0 fully saturated rings. The van der Waals surface area contributed by atoms with Crippen LogP contribution in [0.2, 0.25) is 0 Å². The van der Waals surface area contributed by atoms with E-state index in [0.717, 1.165) is 6.07 Å². The zero-order chi connectivity index (χ0) is 31.5. The summed E-state index contributed by atoms with van der Waals surface area (Å²) in [5.74, 6) is -0.794. The van der Waals surface area contributed by atoms with E-state index in [1.165, 1.54) is 32.2 Å². The first-order valence-corrected chi connectivity index (χ1v) is 16.4. The van der Waals surface area contributed by atoms with E-state index >= 15 is 0 Å². The number of rotatable bonds is 10. The van der Waals surface area contributed by atoms with E-state index in [4.69, 9.17) is 4.74 Å². The van der Waals surface area contributed by atoms with Crippen molar-refractivity contribution in [2.45, 2.75) is 30.6 Å². The predicted octanol–water partition coefficient (Wildman–Crippen LogP) is 7.03. The second-order valence-corrected chi connectivity index (χ2v) is 13.9. The van der Waals surface area contributed by atoms with E-state index in [-0.39, 0.29) is 49.9 Å². The van der Waals surface area contributed by atoms with Gasteiger partial charge in [0.05, 0.1) is 34.9 Å². The average Bonchev–Trinajstić information content (AvgIpc) is 3.00. The van der Waals surface area contributed by atoms with Crippen molar-refractivity contribution in [3.05, 3.63) is 60.2 Å². The van der Waals surface area contributed by atoms with Crippen LogP contribution in [0.25, 0.3) is 10.8 Å². The van der Waals surface area contributed by atoms with E-state index < -0.39 is 19.7 Å². The number of anilines is 1. The first-order chi connectivity index (χ1) is 20.4. The molecular weight excluding hydrogens is 594 g/mol. The maximum absolute atomic E-state index is 12.5. The highest BCUT2D eigenvalue weighted by Crippen LogP contribution is 2.44. The Balaban J connectivity index is 1.75. The van der Waals surface area contributed by atoms with Crippen molar-refractivity contribution < 1.29 is 31.8 Å². The monoisotopic (exact) mass is 625 g/mol. The molecule has 4 aromatic rings. The second kappa shape index (κ2) is 12.4. The molecule has 226 valence electrons. The Morgan fingerprint density at radius 3 is 2.02 bits per heavy atom. The molecule has 0 aromatic heterocycles. The van der Waals surface area contributed by atoms with Gasteiger partial charge in [-0.1, -0.05) is 13.8 Å². The van der Waals surface area contributed by atoms with Gasteiger partial charge in [0.15, 0.2) is 25.4 Å². The summed E-state index contributed by atoms with van der Waals surface area (Å²) in [7, 11) is -4.04. The number of hydrogen-bond donors (Lipinski definition) is 3. The van der Waals surface area contributed by atoms with Gasteiger partial charge in [-0.3, -0.25) is 0 Å². The van der Waals surface area contributed by atoms with Gasteiger partial charge in [0, 0.05) is 23.9 Å². The lowest BCUT2D eigenvalue weighted by Gasteiger charge is -2.11. The van der Waals surface area contributed by atoms with Gasteiger partial charge in [0.1, 0.15) is 33.5 Å². The van der Waals surface area contributed by atoms with Gasteiger partial charge in [-0.05, 0) is 61.0 Å². The van der Waals surface area contributed by atoms with Crippen LogP contribution < -0.4 is 10.1 Å². The average molecular weight is 626 g/mol. The first kappa shape index (κ1) is 31.4. The molecule has 12 nitrogen and oxygen atoms in total. The molecule has 0 atom stereocenters. The van der Waals surface area contributed by atoms with E-state index in [1.807, 2.05) is 0 Å². The minimum absolute atomic E-state index is 0.0110. The summed E-state index contributed by atoms with van der Waals surface area (Å²) in [5, 5.41) is 42.3. The Bertz CT molecular complexity index is 1990. The number of ether oxygens (including phenoxy) is 1. The zero-order valence-corrected chi connectivity index (χ0v) is 25.8. The Labute approximate surface area is 249 Å². The highest BCUT2D eigenvalue weighted by atomic mass is 32.2. The van der Waals surface area contributed by atoms with Crippen LogP contribution in [0.5, 0.6) is 17.2 Å². The summed E-state index contributed by atoms with van der Waals surface area (Å²) in [6.07, 6.45) is 0. The lowest BCUT2D eigenvalue weighted by atomic mass is 10.1. The Morgan fingerprint density at radius 1 is 0.767 bits per heavy atom. The largest absolute Gasteiger partial charge is 0.505 e. The van der Waals surface area contributed by atoms with E-state index in [9.17, 15) is 27.0 Å². The molecule has 14 heteroatoms. The number of hydrogen-bond acceptors (Lipinski definition) is 12. The lowest BCUT2D eigenvalue weighted by molar-refractivity contribution is 0.396. The fraction of sp³-hybridized carbons (Fsp3) is 0.241. The summed E-state index contributed by atoms with van der Waals surface area (Å²) < 4.78 is 54.6. The molecule has 0 unspecified atom stereocenters. The maximum Gasteiger partial charge on any atom is 0.181 e. The number of azo groups is 2. The number of nitrogens with one attached hydrogen (secondary N) is 1. The van der Waals surface area contributed by atoms with Crippen molar-refractivity contribution >= 4 is 58.9 Å². The Hall–Kier alpha value is -4.56. The van der Waals surface area contributed by atoms with Gasteiger partial charge < -0.3 is 20.3 Å². The topological polar surface area (TPSA) is 179 Å². The summed E-state index contributed by atoms with van der Waals surface area (Å²) in [6, 6.07) is 13.5. The van der Waals surface area contributed by atoms with Crippen LogP contribution in [0.1, 0.15) is 19.4 Å². The van der Waals surface area contributed by atoms with Gasteiger partial charge in [0.2, 0.25) is 0 Å². The van der Waals surface area contributed by atoms with E-state index in [0.29, 0.717) is 33.4 Å². The fourth-order valence-electron chi connectivity index (χ4n) is 4.24. The molecule has 0 aliphatic rings. The van der Waals surface area contributed by atoms with Crippen LogP contribution in [0, 0.1) is 6.92 Å². The number of phenols is 2. The minimum Gasteiger partial charge on any atom is -0.505 e. The molecule has 0 heterocycles. The molecule has 0 aliphatic heterocycles. The standard InChI is InChI=1S/C29H31N5O7S2/c1-6-42(37,38)18-8-11-21(17(3)14-18)31-34-28-19-9-13-23(29(36)20(19)10-12-22(28)30-4)32-33-24-15-27(43(39,40)7-2)26(41-5)16-25(24)35/h8-16,30,35-36H,6-7H2,1-5H3. The molecule has 3 N–H and O–H groups in total. The van der Waals surface area contributed by atoms with Crippen molar-refractivity contribution in [3.8, 4) is 17.2 Å². The third-order valence-electron chi connectivity index (χ3n) is 6.80. The maximum atomic E-state index is 12.5. The molecule has 4 rings (SSSR count). The lowest BCUT2D eigenvalue weighted by Crippen LogP contribution is -2.05. The molecule has 0 amide bonds. The highest BCUT2D eigenvalue weighted by molar-refractivity contribution is 7.91. The van der Waals surface area contributed by atoms with E-state index in [1.54, 1.807) is 51.2 Å². The summed E-state index contributed by atoms with van der Waals surface area (Å²) in [5.41, 5.74) is 2.09. The number of sulfone groups is 2. The number of phenolic OH excluding ortho intramolecular Hbond substituents is 2. The number of aromatic hydroxyl groups is 2. The van der Waals surface area contributed by atoms with Gasteiger partial charge >= 0.3 is 0 Å². The number of methoxy groups -OCH3 is 1. The molecule has 43 heavy (non-hydrogen) atoms. The first-order valence-electron chi connectivity index (χ1n) is 13.1. The van der Waals surface area contributed by atoms with Crippen molar-refractivity contribution in [2.75, 3.05) is 31.0 Å². The number of nitrogens with zero attached hydrogens (tertiary/aromatic N) is 4. The van der Waals surface area contributed by atoms with Crippen LogP contribution in [-0.2, 0) is 19.7 Å². The summed E-state index contributed by atoms with van der Waals surface area (Å²) >= 11 is 0. The molecule has 0 bridgehead atoms. The second-order valence-electron chi connectivity index (χ2n) is 9.39. The van der Waals surface area contributed by atoms with Crippen LogP contribution in [0.15, 0.2) is 84.8 Å². The number of fused-ring (bicyclic) bond motifs is 1. The van der Waals surface area contributed by atoms with Gasteiger partial charge in [-0.2, -0.15) is 5.11 Å². The third-order valence-corrected chi connectivity index (χ3v) is 10.3. The van der Waals surface area contributed by atoms with Crippen LogP contribution >= 0.6 is 0 Å². The smallest absolute Gasteiger partial charge is 0.181 e. The molecule has 0 aliphatic carbocycles. The highest BCUT2D eigenvalue weighted by Gasteiger charge is 2.21. The molecule has 0 saturated carbocycles.